The lowest BCUT2D eigenvalue weighted by Gasteiger charge is -2.32. The van der Waals surface area contributed by atoms with Gasteiger partial charge in [0, 0.05) is 19.2 Å². The van der Waals surface area contributed by atoms with Gasteiger partial charge in [-0.15, -0.1) is 0 Å². The first-order valence-electron chi connectivity index (χ1n) is 5.52. The molecule has 82 valence electrons. The van der Waals surface area contributed by atoms with E-state index in [0.29, 0.717) is 0 Å². The second kappa shape index (κ2) is 4.55. The zero-order chi connectivity index (χ0) is 10.7. The first-order chi connectivity index (χ1) is 7.29. The van der Waals surface area contributed by atoms with E-state index in [1.165, 1.54) is 31.7 Å². The van der Waals surface area contributed by atoms with E-state index in [0.717, 1.165) is 24.8 Å². The highest BCUT2D eigenvalue weighted by atomic mass is 19.1. The van der Waals surface area contributed by atoms with Gasteiger partial charge in [-0.05, 0) is 18.8 Å². The van der Waals surface area contributed by atoms with Gasteiger partial charge in [0.25, 0.3) is 0 Å². The highest BCUT2D eigenvalue weighted by molar-refractivity contribution is 5.37. The minimum absolute atomic E-state index is 0.446. The average Bonchev–Trinajstić information content (AvgIpc) is 2.29. The molecule has 1 atom stereocenters. The molecule has 15 heavy (non-hydrogen) atoms. The van der Waals surface area contributed by atoms with Crippen LogP contribution in [-0.2, 0) is 0 Å². The third-order valence-electron chi connectivity index (χ3n) is 3.04. The van der Waals surface area contributed by atoms with Crippen LogP contribution in [0.4, 0.5) is 10.2 Å². The van der Waals surface area contributed by atoms with Crippen molar-refractivity contribution >= 4 is 5.82 Å². The van der Waals surface area contributed by atoms with Crippen LogP contribution in [0.25, 0.3) is 0 Å². The molecule has 2 rings (SSSR count). The maximum absolute atomic E-state index is 12.9. The first kappa shape index (κ1) is 10.3. The number of rotatable bonds is 2. The van der Waals surface area contributed by atoms with Crippen LogP contribution in [0.3, 0.4) is 0 Å². The zero-order valence-corrected chi connectivity index (χ0v) is 8.99. The van der Waals surface area contributed by atoms with E-state index < -0.39 is 5.95 Å². The molecule has 0 radical (unpaired) electrons. The molecule has 0 bridgehead atoms. The molecular formula is C11H16FN3. The van der Waals surface area contributed by atoms with E-state index >= 15 is 0 Å². The van der Waals surface area contributed by atoms with Crippen LogP contribution in [0.15, 0.2) is 12.4 Å². The molecule has 1 aliphatic heterocycles. The molecule has 0 aromatic carbocycles. The largest absolute Gasteiger partial charge is 0.356 e. The molecule has 1 aliphatic rings. The third kappa shape index (κ3) is 2.43. The summed E-state index contributed by atoms with van der Waals surface area (Å²) in [4.78, 5) is 9.73. The Morgan fingerprint density at radius 2 is 2.40 bits per heavy atom. The van der Waals surface area contributed by atoms with Crippen LogP contribution in [0.1, 0.15) is 26.2 Å². The lowest BCUT2D eigenvalue weighted by Crippen LogP contribution is -2.35. The molecule has 0 saturated carbocycles. The minimum Gasteiger partial charge on any atom is -0.356 e. The van der Waals surface area contributed by atoms with Crippen molar-refractivity contribution in [2.45, 2.75) is 26.2 Å². The lowest BCUT2D eigenvalue weighted by molar-refractivity contribution is 0.402. The Labute approximate surface area is 89.3 Å². The van der Waals surface area contributed by atoms with Gasteiger partial charge in [0.05, 0.1) is 0 Å². The molecule has 0 aliphatic carbocycles. The summed E-state index contributed by atoms with van der Waals surface area (Å²) in [6, 6.07) is 1.41. The summed E-state index contributed by atoms with van der Waals surface area (Å²) in [6.45, 7) is 4.18. The number of anilines is 1. The number of hydrogen-bond acceptors (Lipinski definition) is 3. The van der Waals surface area contributed by atoms with Gasteiger partial charge in [-0.25, -0.2) is 9.97 Å². The van der Waals surface area contributed by atoms with Crippen molar-refractivity contribution < 1.29 is 4.39 Å². The number of aromatic nitrogens is 2. The molecule has 4 heteroatoms. The van der Waals surface area contributed by atoms with Gasteiger partial charge < -0.3 is 4.90 Å². The van der Waals surface area contributed by atoms with Crippen molar-refractivity contribution in [3.63, 3.8) is 0 Å². The van der Waals surface area contributed by atoms with Crippen LogP contribution >= 0.6 is 0 Å². The Hall–Kier alpha value is -1.19. The van der Waals surface area contributed by atoms with Crippen LogP contribution in [-0.4, -0.2) is 23.1 Å². The maximum atomic E-state index is 12.9. The van der Waals surface area contributed by atoms with Gasteiger partial charge in [-0.1, -0.05) is 13.3 Å². The fraction of sp³-hybridized carbons (Fsp3) is 0.636. The van der Waals surface area contributed by atoms with Gasteiger partial charge in [-0.2, -0.15) is 4.39 Å². The van der Waals surface area contributed by atoms with Crippen molar-refractivity contribution in [3.05, 3.63) is 18.3 Å². The van der Waals surface area contributed by atoms with Crippen molar-refractivity contribution in [1.29, 1.82) is 0 Å². The Bertz CT molecular complexity index is 329. The van der Waals surface area contributed by atoms with Crippen molar-refractivity contribution in [3.8, 4) is 0 Å². The van der Waals surface area contributed by atoms with Gasteiger partial charge in [0.2, 0.25) is 5.95 Å². The molecule has 0 amide bonds. The highest BCUT2D eigenvalue weighted by Gasteiger charge is 2.19. The Morgan fingerprint density at radius 1 is 1.53 bits per heavy atom. The molecule has 1 fully saturated rings. The number of hydrogen-bond donors (Lipinski definition) is 0. The number of piperidine rings is 1. The maximum Gasteiger partial charge on any atom is 0.218 e. The second-order valence-corrected chi connectivity index (χ2v) is 4.06. The van der Waals surface area contributed by atoms with Crippen molar-refractivity contribution in [2.75, 3.05) is 18.0 Å². The second-order valence-electron chi connectivity index (χ2n) is 4.06. The first-order valence-corrected chi connectivity index (χ1v) is 5.52. The fourth-order valence-electron chi connectivity index (χ4n) is 2.10. The molecule has 2 heterocycles. The van der Waals surface area contributed by atoms with Gasteiger partial charge in [0.15, 0.2) is 0 Å². The summed E-state index contributed by atoms with van der Waals surface area (Å²) in [6.07, 6.45) is 4.93. The predicted octanol–water partition coefficient (Wildman–Crippen LogP) is 2.24. The quantitative estimate of drug-likeness (QED) is 0.699. The van der Waals surface area contributed by atoms with E-state index in [4.69, 9.17) is 0 Å². The summed E-state index contributed by atoms with van der Waals surface area (Å²) >= 11 is 0. The SMILES string of the molecule is CCC1CCCN(c2cc(F)ncn2)C1. The molecule has 0 N–H and O–H groups in total. The van der Waals surface area contributed by atoms with E-state index in [1.54, 1.807) is 0 Å². The normalized spacial score (nSPS) is 21.7. The molecule has 1 aromatic heterocycles. The summed E-state index contributed by atoms with van der Waals surface area (Å²) in [5.74, 6) is 0.996. The van der Waals surface area contributed by atoms with Crippen LogP contribution in [0, 0.1) is 11.9 Å². The standard InChI is InChI=1S/C11H16FN3/c1-2-9-4-3-5-15(7-9)11-6-10(12)13-8-14-11/h6,8-9H,2-5,7H2,1H3. The Morgan fingerprint density at radius 3 is 3.13 bits per heavy atom. The fourth-order valence-corrected chi connectivity index (χ4v) is 2.10. The summed E-state index contributed by atoms with van der Waals surface area (Å²) in [5.41, 5.74) is 0. The van der Waals surface area contributed by atoms with Gasteiger partial charge >= 0.3 is 0 Å². The smallest absolute Gasteiger partial charge is 0.218 e. The molecule has 1 unspecified atom stereocenters. The van der Waals surface area contributed by atoms with E-state index in [-0.39, 0.29) is 0 Å². The van der Waals surface area contributed by atoms with Crippen molar-refractivity contribution in [1.82, 2.24) is 9.97 Å². The number of halogens is 1. The average molecular weight is 209 g/mol. The minimum atomic E-state index is -0.446. The van der Waals surface area contributed by atoms with Crippen LogP contribution in [0.5, 0.6) is 0 Å². The topological polar surface area (TPSA) is 29.0 Å². The van der Waals surface area contributed by atoms with Crippen LogP contribution < -0.4 is 4.90 Å². The number of nitrogens with zero attached hydrogens (tertiary/aromatic N) is 3. The summed E-state index contributed by atoms with van der Waals surface area (Å²) in [7, 11) is 0. The van der Waals surface area contributed by atoms with Gasteiger partial charge in [-0.3, -0.25) is 0 Å². The van der Waals surface area contributed by atoms with E-state index in [9.17, 15) is 4.39 Å². The molecule has 3 nitrogen and oxygen atoms in total. The highest BCUT2D eigenvalue weighted by Crippen LogP contribution is 2.23. The Kier molecular flexibility index (Phi) is 3.14. The van der Waals surface area contributed by atoms with E-state index in [2.05, 4.69) is 21.8 Å². The Balaban J connectivity index is 2.09. The molecule has 1 saturated heterocycles. The van der Waals surface area contributed by atoms with E-state index in [1.807, 2.05) is 0 Å². The summed E-state index contributed by atoms with van der Waals surface area (Å²) in [5, 5.41) is 0. The van der Waals surface area contributed by atoms with Crippen LogP contribution in [0.2, 0.25) is 0 Å². The lowest BCUT2D eigenvalue weighted by atomic mass is 9.96. The third-order valence-corrected chi connectivity index (χ3v) is 3.04. The predicted molar refractivity (Wildman–Crippen MR) is 57.2 cm³/mol. The van der Waals surface area contributed by atoms with Crippen molar-refractivity contribution in [2.24, 2.45) is 5.92 Å². The monoisotopic (exact) mass is 209 g/mol. The summed E-state index contributed by atoms with van der Waals surface area (Å²) < 4.78 is 12.9. The van der Waals surface area contributed by atoms with Gasteiger partial charge in [0.1, 0.15) is 12.1 Å². The zero-order valence-electron chi connectivity index (χ0n) is 8.99. The molecular weight excluding hydrogens is 193 g/mol. The molecule has 0 spiro atoms. The molecule has 1 aromatic rings.